The van der Waals surface area contributed by atoms with Crippen molar-refractivity contribution in [2.45, 2.75) is 90.4 Å². The molecule has 2 heteroatoms. The van der Waals surface area contributed by atoms with Gasteiger partial charge >= 0.3 is 0 Å². The highest BCUT2D eigenvalue weighted by Crippen LogP contribution is 2.52. The zero-order valence-electron chi connectivity index (χ0n) is 14.7. The van der Waals surface area contributed by atoms with Gasteiger partial charge in [0.25, 0.3) is 0 Å². The zero-order chi connectivity index (χ0) is 16.1. The van der Waals surface area contributed by atoms with Gasteiger partial charge in [-0.15, -0.1) is 0 Å². The van der Waals surface area contributed by atoms with Crippen LogP contribution >= 0.6 is 0 Å². The van der Waals surface area contributed by atoms with Gasteiger partial charge in [-0.3, -0.25) is 0 Å². The first-order valence-electron chi connectivity index (χ1n) is 8.96. The summed E-state index contributed by atoms with van der Waals surface area (Å²) in [7, 11) is 0. The second-order valence-electron chi connectivity index (χ2n) is 8.62. The quantitative estimate of drug-likeness (QED) is 0.516. The second kappa shape index (κ2) is 5.49. The van der Waals surface area contributed by atoms with Crippen molar-refractivity contribution >= 4 is 0 Å². The largest absolute Gasteiger partial charge is 0.389 e. The van der Waals surface area contributed by atoms with Crippen LogP contribution in [0.4, 0.5) is 0 Å². The molecule has 2 bridgehead atoms. The van der Waals surface area contributed by atoms with E-state index in [2.05, 4.69) is 34.3 Å². The molecule has 0 radical (unpaired) electrons. The highest BCUT2D eigenvalue weighted by atomic mass is 16.6. The molecule has 0 aromatic heterocycles. The molecular weight excluding hydrogens is 272 g/mol. The molecule has 124 valence electrons. The van der Waals surface area contributed by atoms with E-state index in [0.29, 0.717) is 12.0 Å². The maximum Gasteiger partial charge on any atom is 0.0948 e. The van der Waals surface area contributed by atoms with Crippen LogP contribution in [0, 0.1) is 11.3 Å². The number of aliphatic hydroxyl groups is 1. The molecule has 0 aromatic rings. The molecule has 2 fully saturated rings. The Labute approximate surface area is 135 Å². The molecule has 0 aromatic carbocycles. The summed E-state index contributed by atoms with van der Waals surface area (Å²) in [5.74, 6) is 0.653. The van der Waals surface area contributed by atoms with Gasteiger partial charge in [-0.25, -0.2) is 0 Å². The van der Waals surface area contributed by atoms with Crippen LogP contribution in [0.5, 0.6) is 0 Å². The average Bonchev–Trinajstić information content (AvgIpc) is 3.03. The molecule has 22 heavy (non-hydrogen) atoms. The van der Waals surface area contributed by atoms with Crippen LogP contribution in [0.15, 0.2) is 23.3 Å². The minimum absolute atomic E-state index is 0.0853. The first-order valence-corrected chi connectivity index (χ1v) is 8.96. The lowest BCUT2D eigenvalue weighted by Gasteiger charge is -2.44. The molecule has 1 saturated carbocycles. The fraction of sp³-hybridized carbons (Fsp3) is 0.800. The topological polar surface area (TPSA) is 32.8 Å². The third kappa shape index (κ3) is 2.80. The fourth-order valence-electron chi connectivity index (χ4n) is 5.03. The first kappa shape index (κ1) is 16.3. The number of hydrogen-bond donors (Lipinski definition) is 1. The van der Waals surface area contributed by atoms with Crippen LogP contribution in [0.2, 0.25) is 0 Å². The lowest BCUT2D eigenvalue weighted by Crippen LogP contribution is -2.38. The standard InChI is InChI=1S/C20H32O2/c1-13-6-9-15-10-8-14(2)18(19(15,3)4)16(21)12-20(5)17(22-20)11-7-13/h15-17,21H,1,6-12H2,2-5H3. The summed E-state index contributed by atoms with van der Waals surface area (Å²) < 4.78 is 5.95. The molecule has 4 atom stereocenters. The highest BCUT2D eigenvalue weighted by molar-refractivity contribution is 5.29. The molecule has 1 N–H and O–H groups in total. The van der Waals surface area contributed by atoms with Crippen molar-refractivity contribution < 1.29 is 9.84 Å². The molecule has 0 spiro atoms. The molecule has 4 unspecified atom stereocenters. The third-order valence-electron chi connectivity index (χ3n) is 6.62. The first-order chi connectivity index (χ1) is 10.2. The third-order valence-corrected chi connectivity index (χ3v) is 6.62. The Balaban J connectivity index is 1.92. The van der Waals surface area contributed by atoms with E-state index in [9.17, 15) is 5.11 Å². The minimum Gasteiger partial charge on any atom is -0.389 e. The molecule has 3 rings (SSSR count). The second-order valence-corrected chi connectivity index (χ2v) is 8.62. The van der Waals surface area contributed by atoms with E-state index in [-0.39, 0.29) is 17.1 Å². The summed E-state index contributed by atoms with van der Waals surface area (Å²) in [5, 5.41) is 11.0. The van der Waals surface area contributed by atoms with Crippen molar-refractivity contribution in [1.29, 1.82) is 0 Å². The molecular formula is C20H32O2. The Morgan fingerprint density at radius 3 is 2.45 bits per heavy atom. The maximum atomic E-state index is 11.0. The SMILES string of the molecule is C=C1CCC2OC2(C)CC(O)C2=C(C)CCC(CC1)C2(C)C. The molecule has 1 heterocycles. The van der Waals surface area contributed by atoms with Gasteiger partial charge in [0.2, 0.25) is 0 Å². The number of fused-ring (bicyclic) bond motifs is 3. The van der Waals surface area contributed by atoms with E-state index in [4.69, 9.17) is 4.74 Å². The molecule has 2 aliphatic carbocycles. The fourth-order valence-corrected chi connectivity index (χ4v) is 5.03. The zero-order valence-corrected chi connectivity index (χ0v) is 14.7. The summed E-state index contributed by atoms with van der Waals surface area (Å²) >= 11 is 0. The summed E-state index contributed by atoms with van der Waals surface area (Å²) in [6.45, 7) is 13.3. The van der Waals surface area contributed by atoms with E-state index in [1.807, 2.05) is 0 Å². The van der Waals surface area contributed by atoms with Crippen LogP contribution in [0.3, 0.4) is 0 Å². The lowest BCUT2D eigenvalue weighted by atomic mass is 9.61. The highest BCUT2D eigenvalue weighted by Gasteiger charge is 2.54. The van der Waals surface area contributed by atoms with Crippen molar-refractivity contribution in [2.24, 2.45) is 11.3 Å². The van der Waals surface area contributed by atoms with Crippen molar-refractivity contribution in [3.8, 4) is 0 Å². The Bertz CT molecular complexity index is 502. The molecule has 2 nitrogen and oxygen atoms in total. The number of allylic oxidation sites excluding steroid dienone is 2. The van der Waals surface area contributed by atoms with Crippen molar-refractivity contribution in [1.82, 2.24) is 0 Å². The van der Waals surface area contributed by atoms with Gasteiger partial charge in [0.05, 0.1) is 17.8 Å². The van der Waals surface area contributed by atoms with Crippen LogP contribution in [0.25, 0.3) is 0 Å². The van der Waals surface area contributed by atoms with Gasteiger partial charge in [-0.2, -0.15) is 0 Å². The van der Waals surface area contributed by atoms with Crippen LogP contribution in [-0.4, -0.2) is 22.9 Å². The van der Waals surface area contributed by atoms with Crippen LogP contribution in [0.1, 0.15) is 72.6 Å². The van der Waals surface area contributed by atoms with Gasteiger partial charge in [-0.1, -0.05) is 31.6 Å². The van der Waals surface area contributed by atoms with Gasteiger partial charge in [0.15, 0.2) is 0 Å². The van der Waals surface area contributed by atoms with Crippen molar-refractivity contribution in [2.75, 3.05) is 0 Å². The number of hydrogen-bond acceptors (Lipinski definition) is 2. The molecule has 1 saturated heterocycles. The smallest absolute Gasteiger partial charge is 0.0948 e. The predicted octanol–water partition coefficient (Wildman–Crippen LogP) is 4.78. The number of rotatable bonds is 0. The summed E-state index contributed by atoms with van der Waals surface area (Å²) in [4.78, 5) is 0. The monoisotopic (exact) mass is 304 g/mol. The molecule has 3 aliphatic rings. The lowest BCUT2D eigenvalue weighted by molar-refractivity contribution is 0.105. The van der Waals surface area contributed by atoms with Gasteiger partial charge in [0.1, 0.15) is 0 Å². The van der Waals surface area contributed by atoms with Crippen molar-refractivity contribution in [3.05, 3.63) is 23.3 Å². The number of epoxide rings is 1. The maximum absolute atomic E-state index is 11.0. The Kier molecular flexibility index (Phi) is 4.06. The summed E-state index contributed by atoms with van der Waals surface area (Å²) in [5.41, 5.74) is 4.04. The van der Waals surface area contributed by atoms with Crippen LogP contribution in [-0.2, 0) is 4.74 Å². The Morgan fingerprint density at radius 1 is 1.09 bits per heavy atom. The number of ether oxygens (including phenoxy) is 1. The van der Waals surface area contributed by atoms with Gasteiger partial charge < -0.3 is 9.84 Å². The summed E-state index contributed by atoms with van der Waals surface area (Å²) in [6.07, 6.45) is 7.55. The molecule has 1 aliphatic heterocycles. The van der Waals surface area contributed by atoms with E-state index in [1.165, 1.54) is 29.6 Å². The van der Waals surface area contributed by atoms with E-state index < -0.39 is 0 Å². The van der Waals surface area contributed by atoms with Gasteiger partial charge in [-0.05, 0) is 69.3 Å². The van der Waals surface area contributed by atoms with Gasteiger partial charge in [0, 0.05) is 6.42 Å². The van der Waals surface area contributed by atoms with E-state index >= 15 is 0 Å². The normalized spacial score (nSPS) is 42.2. The predicted molar refractivity (Wildman–Crippen MR) is 90.7 cm³/mol. The van der Waals surface area contributed by atoms with E-state index in [1.54, 1.807) is 0 Å². The minimum atomic E-state index is -0.351. The average molecular weight is 304 g/mol. The van der Waals surface area contributed by atoms with Crippen molar-refractivity contribution in [3.63, 3.8) is 0 Å². The van der Waals surface area contributed by atoms with E-state index in [0.717, 1.165) is 32.1 Å². The Hall–Kier alpha value is -0.600. The number of aliphatic hydroxyl groups excluding tert-OH is 1. The van der Waals surface area contributed by atoms with Crippen LogP contribution < -0.4 is 0 Å². The Morgan fingerprint density at radius 2 is 1.73 bits per heavy atom. The molecule has 0 amide bonds. The summed E-state index contributed by atoms with van der Waals surface area (Å²) in [6, 6.07) is 0.